The highest BCUT2D eigenvalue weighted by Crippen LogP contribution is 2.42. The Morgan fingerprint density at radius 3 is 2.51 bits per heavy atom. The van der Waals surface area contributed by atoms with Gasteiger partial charge in [0.15, 0.2) is 0 Å². The minimum atomic E-state index is -0.531. The summed E-state index contributed by atoms with van der Waals surface area (Å²) in [6, 6.07) is 4.37. The van der Waals surface area contributed by atoms with Gasteiger partial charge in [0.25, 0.3) is 0 Å². The van der Waals surface area contributed by atoms with Crippen LogP contribution in [0.1, 0.15) is 70.8 Å². The summed E-state index contributed by atoms with van der Waals surface area (Å²) in [4.78, 5) is 30.8. The Hall–Kier alpha value is -2.35. The fourth-order valence-corrected chi connectivity index (χ4v) is 6.46. The zero-order valence-corrected chi connectivity index (χ0v) is 22.4. The van der Waals surface area contributed by atoms with Gasteiger partial charge < -0.3 is 25.2 Å². The van der Waals surface area contributed by atoms with E-state index in [4.69, 9.17) is 4.74 Å². The topological polar surface area (TPSA) is 73.9 Å². The van der Waals surface area contributed by atoms with E-state index in [9.17, 15) is 14.0 Å². The smallest absolute Gasteiger partial charge is 0.318 e. The summed E-state index contributed by atoms with van der Waals surface area (Å²) in [6.45, 7) is 7.98. The summed E-state index contributed by atoms with van der Waals surface area (Å²) in [7, 11) is 0. The Morgan fingerprint density at radius 1 is 1.08 bits per heavy atom. The summed E-state index contributed by atoms with van der Waals surface area (Å²) in [5, 5.41) is 6.45. The summed E-state index contributed by atoms with van der Waals surface area (Å²) in [6.07, 6.45) is 8.81. The van der Waals surface area contributed by atoms with Gasteiger partial charge in [0.2, 0.25) is 5.91 Å². The number of anilines is 1. The standard InChI is InChI=1S/C29H43FN4O3/c1-29(2)19-34(26-11-10-22(30)17-23(26)29)18-25(21-8-9-21)31-27(35)24(16-20-6-4-3-5-7-20)32-28(36)33-12-14-37-15-13-33/h10-11,17,20-21,24-25H,3-9,12-16,18-19H2,1-2H3,(H,31,35)(H,32,36). The molecule has 7 nitrogen and oxygen atoms in total. The van der Waals surface area contributed by atoms with Crippen LogP contribution in [-0.4, -0.2) is 68.3 Å². The summed E-state index contributed by atoms with van der Waals surface area (Å²) in [5.74, 6) is 0.640. The molecule has 0 radical (unpaired) electrons. The normalized spacial score (nSPS) is 23.3. The van der Waals surface area contributed by atoms with Crippen molar-refractivity contribution < 1.29 is 18.7 Å². The Bertz CT molecular complexity index is 970. The second-order valence-electron chi connectivity index (χ2n) is 12.2. The van der Waals surface area contributed by atoms with Gasteiger partial charge in [-0.2, -0.15) is 0 Å². The predicted molar refractivity (Wildman–Crippen MR) is 142 cm³/mol. The molecule has 204 valence electrons. The summed E-state index contributed by atoms with van der Waals surface area (Å²) >= 11 is 0. The van der Waals surface area contributed by atoms with Crippen LogP contribution in [-0.2, 0) is 14.9 Å². The molecule has 1 aromatic carbocycles. The number of halogens is 1. The first-order chi connectivity index (χ1) is 17.8. The number of hydrogen-bond acceptors (Lipinski definition) is 4. The molecule has 0 spiro atoms. The molecule has 2 saturated carbocycles. The van der Waals surface area contributed by atoms with Gasteiger partial charge in [-0.3, -0.25) is 4.79 Å². The lowest BCUT2D eigenvalue weighted by atomic mass is 9.84. The highest BCUT2D eigenvalue weighted by molar-refractivity contribution is 5.87. The number of nitrogens with one attached hydrogen (secondary N) is 2. The summed E-state index contributed by atoms with van der Waals surface area (Å²) < 4.78 is 19.4. The van der Waals surface area contributed by atoms with Crippen LogP contribution >= 0.6 is 0 Å². The minimum Gasteiger partial charge on any atom is -0.378 e. The first kappa shape index (κ1) is 26.3. The van der Waals surface area contributed by atoms with Crippen LogP contribution in [0.2, 0.25) is 0 Å². The van der Waals surface area contributed by atoms with E-state index in [0.29, 0.717) is 51.1 Å². The second-order valence-corrected chi connectivity index (χ2v) is 12.2. The zero-order chi connectivity index (χ0) is 26.0. The van der Waals surface area contributed by atoms with Gasteiger partial charge in [0, 0.05) is 43.3 Å². The predicted octanol–water partition coefficient (Wildman–Crippen LogP) is 4.20. The number of amides is 3. The van der Waals surface area contributed by atoms with E-state index in [1.165, 1.54) is 25.3 Å². The Labute approximate surface area is 220 Å². The molecule has 2 atom stereocenters. The van der Waals surface area contributed by atoms with Crippen molar-refractivity contribution in [3.8, 4) is 0 Å². The van der Waals surface area contributed by atoms with Gasteiger partial charge in [-0.25, -0.2) is 9.18 Å². The van der Waals surface area contributed by atoms with E-state index in [1.807, 2.05) is 6.07 Å². The summed E-state index contributed by atoms with van der Waals surface area (Å²) in [5.41, 5.74) is 1.94. The third kappa shape index (κ3) is 6.39. The average molecular weight is 515 g/mol. The number of hydrogen-bond donors (Lipinski definition) is 2. The molecule has 3 amide bonds. The van der Waals surface area contributed by atoms with Gasteiger partial charge in [0.1, 0.15) is 11.9 Å². The molecular formula is C29H43FN4O3. The molecule has 0 aromatic heterocycles. The number of urea groups is 1. The van der Waals surface area contributed by atoms with Gasteiger partial charge >= 0.3 is 6.03 Å². The third-order valence-corrected chi connectivity index (χ3v) is 8.76. The lowest BCUT2D eigenvalue weighted by molar-refractivity contribution is -0.124. The molecule has 8 heteroatoms. The van der Waals surface area contributed by atoms with Crippen LogP contribution in [0, 0.1) is 17.7 Å². The zero-order valence-electron chi connectivity index (χ0n) is 22.4. The SMILES string of the molecule is CC1(C)CN(CC(NC(=O)C(CC2CCCCC2)NC(=O)N2CCOCC2)C2CC2)c2ccc(F)cc21. The number of carbonyl (C=O) groups is 2. The maximum absolute atomic E-state index is 14.0. The van der Waals surface area contributed by atoms with Gasteiger partial charge in [-0.1, -0.05) is 46.0 Å². The fraction of sp³-hybridized carbons (Fsp3) is 0.724. The van der Waals surface area contributed by atoms with Crippen LogP contribution in [0.25, 0.3) is 0 Å². The van der Waals surface area contributed by atoms with Gasteiger partial charge in [0.05, 0.1) is 13.2 Å². The molecule has 3 fully saturated rings. The van der Waals surface area contributed by atoms with Crippen LogP contribution in [0.3, 0.4) is 0 Å². The highest BCUT2D eigenvalue weighted by Gasteiger charge is 2.40. The first-order valence-electron chi connectivity index (χ1n) is 14.3. The number of carbonyl (C=O) groups excluding carboxylic acids is 2. The van der Waals surface area contributed by atoms with Crippen molar-refractivity contribution in [2.75, 3.05) is 44.3 Å². The Morgan fingerprint density at radius 2 is 1.81 bits per heavy atom. The molecule has 2 unspecified atom stereocenters. The first-order valence-corrected chi connectivity index (χ1v) is 14.3. The van der Waals surface area contributed by atoms with Crippen molar-refractivity contribution in [2.45, 2.75) is 82.7 Å². The minimum absolute atomic E-state index is 0.00782. The maximum atomic E-state index is 14.0. The lowest BCUT2D eigenvalue weighted by Gasteiger charge is -2.33. The number of nitrogens with zero attached hydrogens (tertiary/aromatic N) is 2. The second kappa shape index (κ2) is 11.2. The molecule has 2 aliphatic carbocycles. The van der Waals surface area contributed by atoms with Crippen molar-refractivity contribution in [3.05, 3.63) is 29.6 Å². The van der Waals surface area contributed by atoms with Crippen LogP contribution < -0.4 is 15.5 Å². The van der Waals surface area contributed by atoms with E-state index in [-0.39, 0.29) is 29.2 Å². The molecule has 2 N–H and O–H groups in total. The Kier molecular flexibility index (Phi) is 7.93. The van der Waals surface area contributed by atoms with E-state index in [2.05, 4.69) is 29.4 Å². The van der Waals surface area contributed by atoms with Crippen LogP contribution in [0.15, 0.2) is 18.2 Å². The third-order valence-electron chi connectivity index (χ3n) is 8.76. The van der Waals surface area contributed by atoms with Gasteiger partial charge in [-0.15, -0.1) is 0 Å². The molecule has 2 aliphatic heterocycles. The highest BCUT2D eigenvalue weighted by atomic mass is 19.1. The molecule has 1 saturated heterocycles. The van der Waals surface area contributed by atoms with Gasteiger partial charge in [-0.05, 0) is 54.9 Å². The van der Waals surface area contributed by atoms with Crippen LogP contribution in [0.5, 0.6) is 0 Å². The van der Waals surface area contributed by atoms with Crippen molar-refractivity contribution in [3.63, 3.8) is 0 Å². The average Bonchev–Trinajstić information content (AvgIpc) is 3.70. The number of fused-ring (bicyclic) bond motifs is 1. The van der Waals surface area contributed by atoms with Crippen molar-refractivity contribution in [1.29, 1.82) is 0 Å². The van der Waals surface area contributed by atoms with E-state index >= 15 is 0 Å². The molecule has 5 rings (SSSR count). The van der Waals surface area contributed by atoms with Crippen molar-refractivity contribution in [1.82, 2.24) is 15.5 Å². The quantitative estimate of drug-likeness (QED) is 0.545. The van der Waals surface area contributed by atoms with E-state index in [1.54, 1.807) is 11.0 Å². The molecule has 1 aromatic rings. The lowest BCUT2D eigenvalue weighted by Crippen LogP contribution is -2.56. The monoisotopic (exact) mass is 514 g/mol. The Balaban J connectivity index is 1.28. The van der Waals surface area contributed by atoms with Crippen molar-refractivity contribution in [2.24, 2.45) is 11.8 Å². The molecule has 0 bridgehead atoms. The molecular weight excluding hydrogens is 471 g/mol. The van der Waals surface area contributed by atoms with E-state index in [0.717, 1.165) is 43.5 Å². The number of benzene rings is 1. The van der Waals surface area contributed by atoms with Crippen molar-refractivity contribution >= 4 is 17.6 Å². The maximum Gasteiger partial charge on any atom is 0.318 e. The number of morpholine rings is 1. The molecule has 4 aliphatic rings. The van der Waals surface area contributed by atoms with E-state index < -0.39 is 6.04 Å². The number of rotatable bonds is 8. The largest absolute Gasteiger partial charge is 0.378 e. The number of ether oxygens (including phenoxy) is 1. The molecule has 2 heterocycles. The fourth-order valence-electron chi connectivity index (χ4n) is 6.46. The van der Waals surface area contributed by atoms with Crippen LogP contribution in [0.4, 0.5) is 14.9 Å². The molecule has 37 heavy (non-hydrogen) atoms.